The molecule has 0 saturated carbocycles. The maximum atomic E-state index is 5.99. The number of aromatic nitrogens is 3. The van der Waals surface area contributed by atoms with Gasteiger partial charge in [0.05, 0.1) is 17.6 Å². The number of pyridine rings is 1. The molecule has 30 heavy (non-hydrogen) atoms. The molecular formula is C25H34N4O. The Kier molecular flexibility index (Phi) is 6.38. The van der Waals surface area contributed by atoms with Crippen molar-refractivity contribution >= 4 is 11.0 Å². The molecule has 3 aromatic rings. The second-order valence-corrected chi connectivity index (χ2v) is 8.92. The quantitative estimate of drug-likeness (QED) is 0.531. The second-order valence-electron chi connectivity index (χ2n) is 8.92. The first-order valence-electron chi connectivity index (χ1n) is 11.3. The Morgan fingerprint density at radius 1 is 1.10 bits per heavy atom. The Hall–Kier alpha value is -2.40. The lowest BCUT2D eigenvalue weighted by atomic mass is 9.92. The van der Waals surface area contributed by atoms with Gasteiger partial charge in [-0.2, -0.15) is 0 Å². The van der Waals surface area contributed by atoms with Crippen LogP contribution in [0.15, 0.2) is 24.4 Å². The first kappa shape index (κ1) is 20.9. The Labute approximate surface area is 179 Å². The van der Waals surface area contributed by atoms with E-state index in [1.54, 1.807) is 0 Å². The van der Waals surface area contributed by atoms with Crippen molar-refractivity contribution in [2.45, 2.75) is 52.9 Å². The highest BCUT2D eigenvalue weighted by atomic mass is 16.5. The van der Waals surface area contributed by atoms with Gasteiger partial charge in [-0.3, -0.25) is 0 Å². The van der Waals surface area contributed by atoms with E-state index in [1.807, 2.05) is 12.3 Å². The largest absolute Gasteiger partial charge is 0.478 e. The topological polar surface area (TPSA) is 54.0 Å². The number of benzene rings is 1. The molecule has 0 bridgehead atoms. The minimum Gasteiger partial charge on any atom is -0.478 e. The van der Waals surface area contributed by atoms with Crippen molar-refractivity contribution in [3.05, 3.63) is 41.1 Å². The van der Waals surface area contributed by atoms with Gasteiger partial charge in [0.2, 0.25) is 5.88 Å². The lowest BCUT2D eigenvalue weighted by Gasteiger charge is -2.28. The van der Waals surface area contributed by atoms with Crippen molar-refractivity contribution < 1.29 is 4.74 Å². The molecule has 1 aromatic carbocycles. The number of nitrogens with zero attached hydrogens (tertiary/aromatic N) is 3. The van der Waals surface area contributed by atoms with Gasteiger partial charge in [0, 0.05) is 17.8 Å². The summed E-state index contributed by atoms with van der Waals surface area (Å²) in [7, 11) is 2.22. The highest BCUT2D eigenvalue weighted by Crippen LogP contribution is 2.28. The second kappa shape index (κ2) is 9.17. The Balaban J connectivity index is 1.36. The normalized spacial score (nSPS) is 15.7. The van der Waals surface area contributed by atoms with E-state index in [9.17, 15) is 0 Å². The predicted octanol–water partition coefficient (Wildman–Crippen LogP) is 5.44. The molecule has 3 heterocycles. The van der Waals surface area contributed by atoms with Crippen molar-refractivity contribution in [2.75, 3.05) is 26.7 Å². The fourth-order valence-corrected chi connectivity index (χ4v) is 4.34. The van der Waals surface area contributed by atoms with Gasteiger partial charge in [-0.25, -0.2) is 9.97 Å². The standard InChI is InChI=1S/C25H34N4O/c1-17-8-9-22-24(19(17)3)28-25(27-22)21-15-23(26-16-18(21)2)30-14-6-5-7-20-10-12-29(4)13-11-20/h8-9,15-16,20H,5-7,10-14H2,1-4H3,(H,27,28). The summed E-state index contributed by atoms with van der Waals surface area (Å²) in [5, 5.41) is 0. The van der Waals surface area contributed by atoms with Crippen LogP contribution in [0.2, 0.25) is 0 Å². The van der Waals surface area contributed by atoms with Gasteiger partial charge in [0.15, 0.2) is 0 Å². The summed E-state index contributed by atoms with van der Waals surface area (Å²) in [6.45, 7) is 9.54. The highest BCUT2D eigenvalue weighted by molar-refractivity contribution is 5.83. The molecule has 2 aromatic heterocycles. The first-order valence-corrected chi connectivity index (χ1v) is 11.3. The third-order valence-electron chi connectivity index (χ3n) is 6.61. The molecular weight excluding hydrogens is 372 g/mol. The van der Waals surface area contributed by atoms with Crippen molar-refractivity contribution in [1.82, 2.24) is 19.9 Å². The third kappa shape index (κ3) is 4.67. The van der Waals surface area contributed by atoms with Crippen LogP contribution in [0.5, 0.6) is 5.88 Å². The summed E-state index contributed by atoms with van der Waals surface area (Å²) in [6.07, 6.45) is 8.21. The van der Waals surface area contributed by atoms with Crippen LogP contribution in [0.3, 0.4) is 0 Å². The Morgan fingerprint density at radius 2 is 1.90 bits per heavy atom. The molecule has 160 valence electrons. The Morgan fingerprint density at radius 3 is 2.70 bits per heavy atom. The Bertz CT molecular complexity index is 1000. The van der Waals surface area contributed by atoms with Gasteiger partial charge in [-0.15, -0.1) is 0 Å². The first-order chi connectivity index (χ1) is 14.5. The highest BCUT2D eigenvalue weighted by Gasteiger charge is 2.16. The molecule has 1 saturated heterocycles. The molecule has 0 aliphatic carbocycles. The van der Waals surface area contributed by atoms with E-state index in [2.05, 4.69) is 54.8 Å². The SMILES string of the molecule is Cc1cnc(OCCCCC2CCN(C)CC2)cc1-c1nc2c(C)c(C)ccc2[nH]1. The molecule has 4 rings (SSSR count). The predicted molar refractivity (Wildman–Crippen MR) is 123 cm³/mol. The summed E-state index contributed by atoms with van der Waals surface area (Å²) in [5.41, 5.74) is 6.75. The van der Waals surface area contributed by atoms with Crippen LogP contribution in [0.25, 0.3) is 22.4 Å². The van der Waals surface area contributed by atoms with Gasteiger partial charge >= 0.3 is 0 Å². The number of fused-ring (bicyclic) bond motifs is 1. The zero-order chi connectivity index (χ0) is 21.1. The molecule has 1 aliphatic heterocycles. The molecule has 0 unspecified atom stereocenters. The van der Waals surface area contributed by atoms with Gasteiger partial charge in [-0.1, -0.05) is 12.5 Å². The van der Waals surface area contributed by atoms with E-state index >= 15 is 0 Å². The van der Waals surface area contributed by atoms with Crippen LogP contribution in [0, 0.1) is 26.7 Å². The number of nitrogens with one attached hydrogen (secondary N) is 1. The maximum Gasteiger partial charge on any atom is 0.213 e. The molecule has 0 spiro atoms. The van der Waals surface area contributed by atoms with Gasteiger partial charge in [-0.05, 0) is 95.3 Å². The van der Waals surface area contributed by atoms with Crippen molar-refractivity contribution in [1.29, 1.82) is 0 Å². The molecule has 0 radical (unpaired) electrons. The number of hydrogen-bond donors (Lipinski definition) is 1. The smallest absolute Gasteiger partial charge is 0.213 e. The number of ether oxygens (including phenoxy) is 1. The van der Waals surface area contributed by atoms with E-state index in [0.29, 0.717) is 5.88 Å². The number of likely N-dealkylation sites (tertiary alicyclic amines) is 1. The summed E-state index contributed by atoms with van der Waals surface area (Å²) in [4.78, 5) is 15.2. The molecule has 5 nitrogen and oxygen atoms in total. The number of unbranched alkanes of at least 4 members (excludes halogenated alkanes) is 1. The zero-order valence-corrected chi connectivity index (χ0v) is 18.8. The average molecular weight is 407 g/mol. The van der Waals surface area contributed by atoms with Crippen molar-refractivity contribution in [2.24, 2.45) is 5.92 Å². The number of aryl methyl sites for hydroxylation is 3. The minimum atomic E-state index is 0.684. The number of hydrogen-bond acceptors (Lipinski definition) is 4. The van der Waals surface area contributed by atoms with Crippen LogP contribution in [0.1, 0.15) is 48.8 Å². The summed E-state index contributed by atoms with van der Waals surface area (Å²) in [5.74, 6) is 2.46. The maximum absolute atomic E-state index is 5.99. The number of rotatable bonds is 7. The van der Waals surface area contributed by atoms with Crippen molar-refractivity contribution in [3.8, 4) is 17.3 Å². The number of imidazole rings is 1. The number of H-pyrrole nitrogens is 1. The minimum absolute atomic E-state index is 0.684. The molecule has 1 N–H and O–H groups in total. The fraction of sp³-hybridized carbons (Fsp3) is 0.520. The summed E-state index contributed by atoms with van der Waals surface area (Å²) < 4.78 is 5.99. The van der Waals surface area contributed by atoms with E-state index in [4.69, 9.17) is 9.72 Å². The average Bonchev–Trinajstić information content (AvgIpc) is 3.18. The monoisotopic (exact) mass is 406 g/mol. The summed E-state index contributed by atoms with van der Waals surface area (Å²) >= 11 is 0. The van der Waals surface area contributed by atoms with Crippen LogP contribution in [-0.2, 0) is 0 Å². The third-order valence-corrected chi connectivity index (χ3v) is 6.61. The van der Waals surface area contributed by atoms with Crippen LogP contribution in [0.4, 0.5) is 0 Å². The van der Waals surface area contributed by atoms with E-state index in [0.717, 1.165) is 46.9 Å². The molecule has 1 fully saturated rings. The lowest BCUT2D eigenvalue weighted by Crippen LogP contribution is -2.30. The lowest BCUT2D eigenvalue weighted by molar-refractivity contribution is 0.205. The fourth-order valence-electron chi connectivity index (χ4n) is 4.34. The van der Waals surface area contributed by atoms with Gasteiger partial charge in [0.1, 0.15) is 5.82 Å². The van der Waals surface area contributed by atoms with Gasteiger partial charge in [0.25, 0.3) is 0 Å². The number of piperidine rings is 1. The van der Waals surface area contributed by atoms with Crippen LogP contribution in [-0.4, -0.2) is 46.6 Å². The van der Waals surface area contributed by atoms with E-state index < -0.39 is 0 Å². The molecule has 5 heteroatoms. The molecule has 0 atom stereocenters. The van der Waals surface area contributed by atoms with Crippen molar-refractivity contribution in [3.63, 3.8) is 0 Å². The molecule has 0 amide bonds. The van der Waals surface area contributed by atoms with Crippen LogP contribution < -0.4 is 4.74 Å². The van der Waals surface area contributed by atoms with E-state index in [1.165, 1.54) is 49.9 Å². The van der Waals surface area contributed by atoms with Crippen LogP contribution >= 0.6 is 0 Å². The van der Waals surface area contributed by atoms with Gasteiger partial charge < -0.3 is 14.6 Å². The summed E-state index contributed by atoms with van der Waals surface area (Å²) in [6, 6.07) is 6.26. The molecule has 1 aliphatic rings. The van der Waals surface area contributed by atoms with E-state index in [-0.39, 0.29) is 0 Å². The number of aromatic amines is 1. The zero-order valence-electron chi connectivity index (χ0n) is 18.8.